The van der Waals surface area contributed by atoms with E-state index in [4.69, 9.17) is 9.47 Å². The van der Waals surface area contributed by atoms with Crippen LogP contribution in [0.5, 0.6) is 11.5 Å². The number of hydrogen-bond donors (Lipinski definition) is 0. The van der Waals surface area contributed by atoms with Crippen LogP contribution in [0.3, 0.4) is 0 Å². The summed E-state index contributed by atoms with van der Waals surface area (Å²) >= 11 is 0. The summed E-state index contributed by atoms with van der Waals surface area (Å²) in [4.78, 5) is 15.5. The van der Waals surface area contributed by atoms with Gasteiger partial charge in [0.2, 0.25) is 0 Å². The molecule has 1 aliphatic heterocycles. The summed E-state index contributed by atoms with van der Waals surface area (Å²) in [7, 11) is 3.15. The van der Waals surface area contributed by atoms with Crippen molar-refractivity contribution in [1.82, 2.24) is 0 Å². The third kappa shape index (κ3) is 2.75. The van der Waals surface area contributed by atoms with Crippen LogP contribution >= 0.6 is 0 Å². The standard InChI is InChI=1S/C17H16N2O4/c1-22-12-3-5-14-11(9-12)7-8-18-17(14)15-10-13(23-2)4-6-16(15)19(20)21/h3-6,9-10H,7-8H2,1-2H3. The van der Waals surface area contributed by atoms with Gasteiger partial charge in [-0.2, -0.15) is 0 Å². The Morgan fingerprint density at radius 3 is 2.43 bits per heavy atom. The van der Waals surface area contributed by atoms with Crippen LogP contribution in [-0.2, 0) is 6.42 Å². The quantitative estimate of drug-likeness (QED) is 0.642. The molecule has 0 N–H and O–H groups in total. The monoisotopic (exact) mass is 312 g/mol. The molecule has 0 aliphatic carbocycles. The lowest BCUT2D eigenvalue weighted by Crippen LogP contribution is -2.15. The highest BCUT2D eigenvalue weighted by Gasteiger charge is 2.24. The van der Waals surface area contributed by atoms with Gasteiger partial charge >= 0.3 is 0 Å². The topological polar surface area (TPSA) is 74.0 Å². The number of methoxy groups -OCH3 is 2. The van der Waals surface area contributed by atoms with Crippen molar-refractivity contribution in [2.45, 2.75) is 6.42 Å². The van der Waals surface area contributed by atoms with Gasteiger partial charge in [0.05, 0.1) is 30.4 Å². The van der Waals surface area contributed by atoms with Gasteiger partial charge < -0.3 is 9.47 Å². The molecule has 0 spiro atoms. The first-order chi connectivity index (χ1) is 11.1. The largest absolute Gasteiger partial charge is 0.497 e. The van der Waals surface area contributed by atoms with Crippen molar-refractivity contribution >= 4 is 11.4 Å². The molecule has 0 fully saturated rings. The second kappa shape index (κ2) is 6.08. The normalized spacial score (nSPS) is 13.0. The molecule has 0 radical (unpaired) electrons. The molecule has 0 bridgehead atoms. The molecular weight excluding hydrogens is 296 g/mol. The molecule has 3 rings (SSSR count). The minimum atomic E-state index is -0.394. The second-order valence-electron chi connectivity index (χ2n) is 5.14. The molecule has 2 aromatic rings. The SMILES string of the molecule is COc1ccc2c(c1)CCN=C2c1cc(OC)ccc1[N+](=O)[O-]. The summed E-state index contributed by atoms with van der Waals surface area (Å²) in [6.45, 7) is 0.587. The Bertz CT molecular complexity index is 799. The highest BCUT2D eigenvalue weighted by molar-refractivity contribution is 6.16. The average molecular weight is 312 g/mol. The fourth-order valence-electron chi connectivity index (χ4n) is 2.73. The van der Waals surface area contributed by atoms with Gasteiger partial charge in [-0.25, -0.2) is 0 Å². The van der Waals surface area contributed by atoms with Crippen LogP contribution in [0.1, 0.15) is 16.7 Å². The number of hydrogen-bond acceptors (Lipinski definition) is 5. The maximum Gasteiger partial charge on any atom is 0.279 e. The molecule has 23 heavy (non-hydrogen) atoms. The Labute approximate surface area is 133 Å². The molecule has 6 nitrogen and oxygen atoms in total. The van der Waals surface area contributed by atoms with Gasteiger partial charge in [0.25, 0.3) is 5.69 Å². The van der Waals surface area contributed by atoms with Crippen molar-refractivity contribution in [3.8, 4) is 11.5 Å². The highest BCUT2D eigenvalue weighted by atomic mass is 16.6. The van der Waals surface area contributed by atoms with Crippen LogP contribution in [0.15, 0.2) is 41.4 Å². The first-order valence-corrected chi connectivity index (χ1v) is 7.18. The molecule has 6 heteroatoms. The Hall–Kier alpha value is -2.89. The Morgan fingerprint density at radius 1 is 1.04 bits per heavy atom. The molecule has 118 valence electrons. The van der Waals surface area contributed by atoms with E-state index in [0.717, 1.165) is 23.3 Å². The lowest BCUT2D eigenvalue weighted by atomic mass is 9.92. The predicted octanol–water partition coefficient (Wildman–Crippen LogP) is 3.01. The van der Waals surface area contributed by atoms with Gasteiger partial charge in [-0.1, -0.05) is 0 Å². The minimum Gasteiger partial charge on any atom is -0.497 e. The molecule has 0 amide bonds. The Balaban J connectivity index is 2.16. The van der Waals surface area contributed by atoms with E-state index in [0.29, 0.717) is 23.6 Å². The zero-order valence-electron chi connectivity index (χ0n) is 12.9. The van der Waals surface area contributed by atoms with Crippen LogP contribution < -0.4 is 9.47 Å². The summed E-state index contributed by atoms with van der Waals surface area (Å²) < 4.78 is 10.5. The van der Waals surface area contributed by atoms with E-state index in [1.165, 1.54) is 13.2 Å². The molecule has 1 aliphatic rings. The van der Waals surface area contributed by atoms with Gasteiger partial charge in [-0.05, 0) is 42.3 Å². The van der Waals surface area contributed by atoms with Gasteiger partial charge in [0.15, 0.2) is 0 Å². The number of rotatable bonds is 4. The van der Waals surface area contributed by atoms with E-state index in [-0.39, 0.29) is 5.69 Å². The number of ether oxygens (including phenoxy) is 2. The van der Waals surface area contributed by atoms with Crippen LogP contribution in [0.2, 0.25) is 0 Å². The van der Waals surface area contributed by atoms with Gasteiger partial charge in [-0.15, -0.1) is 0 Å². The number of benzene rings is 2. The van der Waals surface area contributed by atoms with Crippen LogP contribution in [0.25, 0.3) is 0 Å². The van der Waals surface area contributed by atoms with E-state index in [1.54, 1.807) is 19.2 Å². The maximum atomic E-state index is 11.4. The third-order valence-electron chi connectivity index (χ3n) is 3.87. The maximum absolute atomic E-state index is 11.4. The van der Waals surface area contributed by atoms with Crippen LogP contribution in [0, 0.1) is 10.1 Å². The smallest absolute Gasteiger partial charge is 0.279 e. The Morgan fingerprint density at radius 2 is 1.74 bits per heavy atom. The first kappa shape index (κ1) is 15.0. The zero-order chi connectivity index (χ0) is 16.4. The molecule has 2 aromatic carbocycles. The van der Waals surface area contributed by atoms with Crippen LogP contribution in [0.4, 0.5) is 5.69 Å². The predicted molar refractivity (Wildman–Crippen MR) is 86.9 cm³/mol. The van der Waals surface area contributed by atoms with Crippen molar-refractivity contribution in [2.24, 2.45) is 4.99 Å². The summed E-state index contributed by atoms with van der Waals surface area (Å²) in [6.07, 6.45) is 0.786. The number of aliphatic imine (C=N–C) groups is 1. The summed E-state index contributed by atoms with van der Waals surface area (Å²) in [5, 5.41) is 11.4. The number of nitro benzene ring substituents is 1. The average Bonchev–Trinajstić information content (AvgIpc) is 2.59. The van der Waals surface area contributed by atoms with E-state index in [9.17, 15) is 10.1 Å². The summed E-state index contributed by atoms with van der Waals surface area (Å²) in [5.74, 6) is 1.33. The first-order valence-electron chi connectivity index (χ1n) is 7.18. The van der Waals surface area contributed by atoms with Crippen molar-refractivity contribution in [3.05, 3.63) is 63.2 Å². The molecule has 0 aromatic heterocycles. The van der Waals surface area contributed by atoms with E-state index in [1.807, 2.05) is 18.2 Å². The number of nitrogens with zero attached hydrogens (tertiary/aromatic N) is 2. The third-order valence-corrected chi connectivity index (χ3v) is 3.87. The number of nitro groups is 1. The van der Waals surface area contributed by atoms with Crippen molar-refractivity contribution in [1.29, 1.82) is 0 Å². The van der Waals surface area contributed by atoms with Crippen molar-refractivity contribution in [2.75, 3.05) is 20.8 Å². The molecule has 0 unspecified atom stereocenters. The fourth-order valence-corrected chi connectivity index (χ4v) is 2.73. The molecule has 0 saturated carbocycles. The molecule has 0 saturated heterocycles. The lowest BCUT2D eigenvalue weighted by Gasteiger charge is -2.18. The van der Waals surface area contributed by atoms with E-state index in [2.05, 4.69) is 4.99 Å². The van der Waals surface area contributed by atoms with Crippen molar-refractivity contribution in [3.63, 3.8) is 0 Å². The summed E-state index contributed by atoms with van der Waals surface area (Å²) in [5.41, 5.74) is 3.09. The van der Waals surface area contributed by atoms with Gasteiger partial charge in [0.1, 0.15) is 11.5 Å². The zero-order valence-corrected chi connectivity index (χ0v) is 12.9. The molecule has 0 atom stereocenters. The van der Waals surface area contributed by atoms with E-state index >= 15 is 0 Å². The van der Waals surface area contributed by atoms with E-state index < -0.39 is 4.92 Å². The second-order valence-corrected chi connectivity index (χ2v) is 5.14. The van der Waals surface area contributed by atoms with Crippen molar-refractivity contribution < 1.29 is 14.4 Å². The molecular formula is C17H16N2O4. The summed E-state index contributed by atoms with van der Waals surface area (Å²) in [6, 6.07) is 10.4. The highest BCUT2D eigenvalue weighted by Crippen LogP contribution is 2.31. The molecule has 1 heterocycles. The Kier molecular flexibility index (Phi) is 3.97. The van der Waals surface area contributed by atoms with Crippen LogP contribution in [-0.4, -0.2) is 31.4 Å². The van der Waals surface area contributed by atoms with Gasteiger partial charge in [-0.3, -0.25) is 15.1 Å². The fraction of sp³-hybridized carbons (Fsp3) is 0.235. The minimum absolute atomic E-state index is 0.0215. The number of fused-ring (bicyclic) bond motifs is 1. The van der Waals surface area contributed by atoms with Gasteiger partial charge in [0, 0.05) is 18.2 Å². The lowest BCUT2D eigenvalue weighted by molar-refractivity contribution is -0.385.